The Morgan fingerprint density at radius 2 is 2.12 bits per heavy atom. The van der Waals surface area contributed by atoms with Crippen LogP contribution in [0.4, 0.5) is 0 Å². The summed E-state index contributed by atoms with van der Waals surface area (Å²) in [6.07, 6.45) is 2.77. The molecule has 2 aromatic heterocycles. The van der Waals surface area contributed by atoms with Gasteiger partial charge in [0.15, 0.2) is 17.2 Å². The lowest BCUT2D eigenvalue weighted by Gasteiger charge is -2.06. The molecule has 24 heavy (non-hydrogen) atoms. The van der Waals surface area contributed by atoms with Crippen molar-refractivity contribution >= 4 is 11.4 Å². The number of phenolic OH excluding ortho intramolecular Hbond substituents is 1. The number of hydrogen-bond donors (Lipinski definition) is 1. The molecule has 0 fully saturated rings. The molecule has 0 aliphatic heterocycles. The number of carbonyl (C=O) groups excluding carboxylic acids is 1. The predicted molar refractivity (Wildman–Crippen MR) is 91.9 cm³/mol. The van der Waals surface area contributed by atoms with Crippen molar-refractivity contribution in [1.29, 1.82) is 0 Å². The van der Waals surface area contributed by atoms with E-state index in [9.17, 15) is 9.90 Å². The van der Waals surface area contributed by atoms with Crippen LogP contribution in [0, 0.1) is 6.92 Å². The van der Waals surface area contributed by atoms with Crippen LogP contribution in [0.1, 0.15) is 35.1 Å². The number of hydrogen-bond acceptors (Lipinski definition) is 4. The molecule has 0 bridgehead atoms. The number of aryl methyl sites for hydroxylation is 2. The maximum absolute atomic E-state index is 12.7. The molecule has 1 aromatic carbocycles. The SMILES string of the molecule is CCOc1cccn2c(C(=O)CCc3cccc(O)c3)c(C)nc12. The zero-order valence-electron chi connectivity index (χ0n) is 13.8. The van der Waals surface area contributed by atoms with Gasteiger partial charge in [-0.1, -0.05) is 12.1 Å². The van der Waals surface area contributed by atoms with Crippen molar-refractivity contribution in [3.05, 3.63) is 59.5 Å². The fraction of sp³-hybridized carbons (Fsp3) is 0.263. The Hall–Kier alpha value is -2.82. The number of benzene rings is 1. The highest BCUT2D eigenvalue weighted by molar-refractivity contribution is 5.96. The third-order valence-electron chi connectivity index (χ3n) is 3.90. The van der Waals surface area contributed by atoms with Gasteiger partial charge in [-0.2, -0.15) is 0 Å². The molecule has 0 spiro atoms. The molecule has 3 aromatic rings. The minimum Gasteiger partial charge on any atom is -0.508 e. The summed E-state index contributed by atoms with van der Waals surface area (Å²) in [6.45, 7) is 4.30. The predicted octanol–water partition coefficient (Wildman–Crippen LogP) is 3.56. The van der Waals surface area contributed by atoms with Crippen LogP contribution in [0.25, 0.3) is 5.65 Å². The smallest absolute Gasteiger partial charge is 0.181 e. The van der Waals surface area contributed by atoms with Crippen molar-refractivity contribution in [3.63, 3.8) is 0 Å². The molecule has 124 valence electrons. The first-order valence-corrected chi connectivity index (χ1v) is 8.01. The molecule has 0 amide bonds. The lowest BCUT2D eigenvalue weighted by atomic mass is 10.1. The van der Waals surface area contributed by atoms with Gasteiger partial charge < -0.3 is 9.84 Å². The van der Waals surface area contributed by atoms with Crippen LogP contribution in [0.2, 0.25) is 0 Å². The van der Waals surface area contributed by atoms with Crippen LogP contribution in [0.15, 0.2) is 42.6 Å². The largest absolute Gasteiger partial charge is 0.508 e. The molecular weight excluding hydrogens is 304 g/mol. The van der Waals surface area contributed by atoms with E-state index in [0.29, 0.717) is 42.2 Å². The first-order valence-electron chi connectivity index (χ1n) is 8.01. The Morgan fingerprint density at radius 1 is 1.29 bits per heavy atom. The van der Waals surface area contributed by atoms with Crippen LogP contribution < -0.4 is 4.74 Å². The van der Waals surface area contributed by atoms with Crippen LogP contribution in [0.5, 0.6) is 11.5 Å². The number of pyridine rings is 1. The molecule has 5 nitrogen and oxygen atoms in total. The highest BCUT2D eigenvalue weighted by Crippen LogP contribution is 2.23. The first-order chi connectivity index (χ1) is 11.6. The molecule has 5 heteroatoms. The summed E-state index contributed by atoms with van der Waals surface area (Å²) in [5, 5.41) is 9.52. The standard InChI is InChI=1S/C19H20N2O3/c1-3-24-17-8-5-11-21-18(13(2)20-19(17)21)16(23)10-9-14-6-4-7-15(22)12-14/h4-8,11-12,22H,3,9-10H2,1-2H3. The van der Waals surface area contributed by atoms with Gasteiger partial charge in [0.05, 0.1) is 12.3 Å². The summed E-state index contributed by atoms with van der Waals surface area (Å²) >= 11 is 0. The fourth-order valence-electron chi connectivity index (χ4n) is 2.85. The van der Waals surface area contributed by atoms with Crippen molar-refractivity contribution < 1.29 is 14.6 Å². The van der Waals surface area contributed by atoms with E-state index >= 15 is 0 Å². The average molecular weight is 324 g/mol. The van der Waals surface area contributed by atoms with Gasteiger partial charge in [-0.05, 0) is 50.1 Å². The van der Waals surface area contributed by atoms with Crippen LogP contribution >= 0.6 is 0 Å². The van der Waals surface area contributed by atoms with Crippen molar-refractivity contribution in [1.82, 2.24) is 9.38 Å². The lowest BCUT2D eigenvalue weighted by Crippen LogP contribution is -2.07. The Bertz CT molecular complexity index is 883. The quantitative estimate of drug-likeness (QED) is 0.704. The van der Waals surface area contributed by atoms with Crippen LogP contribution in [0.3, 0.4) is 0 Å². The van der Waals surface area contributed by atoms with Crippen LogP contribution in [-0.2, 0) is 6.42 Å². The zero-order valence-corrected chi connectivity index (χ0v) is 13.8. The number of ketones is 1. The van der Waals surface area contributed by atoms with Gasteiger partial charge in [0, 0.05) is 12.6 Å². The normalized spacial score (nSPS) is 10.9. The van der Waals surface area contributed by atoms with E-state index in [-0.39, 0.29) is 11.5 Å². The number of rotatable bonds is 6. The summed E-state index contributed by atoms with van der Waals surface area (Å²) in [5.41, 5.74) is 2.89. The molecule has 1 N–H and O–H groups in total. The van der Waals surface area contributed by atoms with Crippen molar-refractivity contribution in [3.8, 4) is 11.5 Å². The second-order valence-corrected chi connectivity index (χ2v) is 5.64. The topological polar surface area (TPSA) is 63.8 Å². The summed E-state index contributed by atoms with van der Waals surface area (Å²) in [7, 11) is 0. The van der Waals surface area contributed by atoms with Gasteiger partial charge in [0.1, 0.15) is 11.4 Å². The Labute approximate surface area is 140 Å². The summed E-state index contributed by atoms with van der Waals surface area (Å²) in [4.78, 5) is 17.2. The number of imidazole rings is 1. The van der Waals surface area contributed by atoms with Gasteiger partial charge in [-0.3, -0.25) is 9.20 Å². The number of fused-ring (bicyclic) bond motifs is 1. The molecule has 0 saturated heterocycles. The second-order valence-electron chi connectivity index (χ2n) is 5.64. The van der Waals surface area contributed by atoms with Gasteiger partial charge in [0.25, 0.3) is 0 Å². The van der Waals surface area contributed by atoms with Crippen molar-refractivity contribution in [2.45, 2.75) is 26.7 Å². The summed E-state index contributed by atoms with van der Waals surface area (Å²) < 4.78 is 7.38. The second kappa shape index (κ2) is 6.74. The van der Waals surface area contributed by atoms with E-state index in [1.807, 2.05) is 38.2 Å². The van der Waals surface area contributed by atoms with E-state index in [1.165, 1.54) is 0 Å². The molecule has 0 atom stereocenters. The summed E-state index contributed by atoms with van der Waals surface area (Å²) in [6, 6.07) is 10.7. The molecule has 0 radical (unpaired) electrons. The van der Waals surface area contributed by atoms with Gasteiger partial charge in [-0.15, -0.1) is 0 Å². The van der Waals surface area contributed by atoms with E-state index in [1.54, 1.807) is 22.6 Å². The number of ether oxygens (including phenoxy) is 1. The molecule has 0 aliphatic rings. The minimum atomic E-state index is 0.0250. The maximum Gasteiger partial charge on any atom is 0.181 e. The number of carbonyl (C=O) groups is 1. The highest BCUT2D eigenvalue weighted by Gasteiger charge is 2.18. The summed E-state index contributed by atoms with van der Waals surface area (Å²) in [5.74, 6) is 0.916. The average Bonchev–Trinajstić information content (AvgIpc) is 2.90. The maximum atomic E-state index is 12.7. The van der Waals surface area contributed by atoms with E-state index in [2.05, 4.69) is 4.98 Å². The van der Waals surface area contributed by atoms with Crippen LogP contribution in [-0.4, -0.2) is 26.9 Å². The monoisotopic (exact) mass is 324 g/mol. The number of phenols is 1. The molecule has 0 saturated carbocycles. The highest BCUT2D eigenvalue weighted by atomic mass is 16.5. The molecule has 3 rings (SSSR count). The van der Waals surface area contributed by atoms with E-state index in [0.717, 1.165) is 5.56 Å². The number of aromatic nitrogens is 2. The number of Topliss-reactive ketones (excluding diaryl/α,β-unsaturated/α-hetero) is 1. The number of aromatic hydroxyl groups is 1. The zero-order chi connectivity index (χ0) is 17.1. The first kappa shape index (κ1) is 16.1. The number of nitrogens with zero attached hydrogens (tertiary/aromatic N) is 2. The molecular formula is C19H20N2O3. The Morgan fingerprint density at radius 3 is 2.88 bits per heavy atom. The van der Waals surface area contributed by atoms with Crippen molar-refractivity contribution in [2.24, 2.45) is 0 Å². The molecule has 0 aliphatic carbocycles. The van der Waals surface area contributed by atoms with E-state index in [4.69, 9.17) is 4.74 Å². The third kappa shape index (κ3) is 3.11. The van der Waals surface area contributed by atoms with Gasteiger partial charge in [0.2, 0.25) is 0 Å². The minimum absolute atomic E-state index is 0.0250. The molecule has 0 unspecified atom stereocenters. The fourth-order valence-corrected chi connectivity index (χ4v) is 2.85. The Balaban J connectivity index is 1.87. The van der Waals surface area contributed by atoms with Crippen molar-refractivity contribution in [2.75, 3.05) is 6.61 Å². The van der Waals surface area contributed by atoms with Gasteiger partial charge >= 0.3 is 0 Å². The Kier molecular flexibility index (Phi) is 4.51. The third-order valence-corrected chi connectivity index (χ3v) is 3.90. The van der Waals surface area contributed by atoms with E-state index < -0.39 is 0 Å². The van der Waals surface area contributed by atoms with Gasteiger partial charge in [-0.25, -0.2) is 4.98 Å². The molecule has 2 heterocycles. The lowest BCUT2D eigenvalue weighted by molar-refractivity contribution is 0.0976.